The van der Waals surface area contributed by atoms with Gasteiger partial charge in [-0.2, -0.15) is 0 Å². The fourth-order valence-corrected chi connectivity index (χ4v) is 3.56. The van der Waals surface area contributed by atoms with Crippen LogP contribution >= 0.6 is 11.6 Å². The summed E-state index contributed by atoms with van der Waals surface area (Å²) in [6.45, 7) is 4.86. The number of benzene rings is 2. The Balaban J connectivity index is 1.67. The minimum absolute atomic E-state index is 0.117. The van der Waals surface area contributed by atoms with Crippen molar-refractivity contribution in [2.75, 3.05) is 25.0 Å². The normalized spacial score (nSPS) is 15.9. The fraction of sp³-hybridized carbons (Fsp3) is 0.261. The summed E-state index contributed by atoms with van der Waals surface area (Å²) < 4.78 is 0. The summed E-state index contributed by atoms with van der Waals surface area (Å²) in [5.41, 5.74) is 1.38. The maximum Gasteiger partial charge on any atom is 0.253 e. The molecule has 1 atom stereocenters. The van der Waals surface area contributed by atoms with E-state index in [2.05, 4.69) is 17.2 Å². The first-order valence-electron chi connectivity index (χ1n) is 9.83. The number of para-hydroxylation sites is 1. The molecule has 1 heterocycles. The van der Waals surface area contributed by atoms with E-state index in [0.29, 0.717) is 47.9 Å². The van der Waals surface area contributed by atoms with E-state index in [9.17, 15) is 14.4 Å². The summed E-state index contributed by atoms with van der Waals surface area (Å²) >= 11 is 5.90. The molecule has 6 nitrogen and oxygen atoms in total. The average Bonchev–Trinajstić information content (AvgIpc) is 2.78. The Morgan fingerprint density at radius 2 is 1.87 bits per heavy atom. The first-order valence-corrected chi connectivity index (χ1v) is 10.2. The minimum Gasteiger partial charge on any atom is -0.349 e. The Morgan fingerprint density at radius 3 is 2.60 bits per heavy atom. The molecule has 30 heavy (non-hydrogen) atoms. The molecule has 7 heteroatoms. The average molecular weight is 426 g/mol. The smallest absolute Gasteiger partial charge is 0.253 e. The summed E-state index contributed by atoms with van der Waals surface area (Å²) in [7, 11) is 0. The molecule has 2 aromatic rings. The molecule has 0 aliphatic carbocycles. The van der Waals surface area contributed by atoms with Gasteiger partial charge in [-0.05, 0) is 49.2 Å². The van der Waals surface area contributed by atoms with Crippen LogP contribution < -0.4 is 10.6 Å². The van der Waals surface area contributed by atoms with E-state index in [4.69, 9.17) is 11.6 Å². The van der Waals surface area contributed by atoms with Gasteiger partial charge in [-0.3, -0.25) is 14.4 Å². The van der Waals surface area contributed by atoms with Crippen LogP contribution in [0.25, 0.3) is 0 Å². The number of piperidine rings is 1. The maximum atomic E-state index is 12.9. The maximum absolute atomic E-state index is 12.9. The number of amides is 3. The zero-order valence-electron chi connectivity index (χ0n) is 16.6. The van der Waals surface area contributed by atoms with Crippen LogP contribution in [-0.4, -0.2) is 42.3 Å². The van der Waals surface area contributed by atoms with E-state index in [1.54, 1.807) is 59.5 Å². The van der Waals surface area contributed by atoms with Crippen molar-refractivity contribution in [2.24, 2.45) is 5.92 Å². The highest BCUT2D eigenvalue weighted by Gasteiger charge is 2.29. The molecular formula is C23H24ClN3O3. The predicted molar refractivity (Wildman–Crippen MR) is 118 cm³/mol. The number of carbonyl (C=O) groups is 3. The third-order valence-electron chi connectivity index (χ3n) is 5.01. The van der Waals surface area contributed by atoms with Gasteiger partial charge in [0, 0.05) is 30.2 Å². The Hall–Kier alpha value is -3.12. The summed E-state index contributed by atoms with van der Waals surface area (Å²) in [5, 5.41) is 6.15. The second-order valence-electron chi connectivity index (χ2n) is 7.13. The monoisotopic (exact) mass is 425 g/mol. The van der Waals surface area contributed by atoms with Gasteiger partial charge in [0.2, 0.25) is 5.91 Å². The molecule has 1 aliphatic heterocycles. The summed E-state index contributed by atoms with van der Waals surface area (Å²) in [5.74, 6) is -0.950. The van der Waals surface area contributed by atoms with Crippen molar-refractivity contribution in [2.45, 2.75) is 12.8 Å². The van der Waals surface area contributed by atoms with Gasteiger partial charge in [-0.1, -0.05) is 29.8 Å². The van der Waals surface area contributed by atoms with Crippen molar-refractivity contribution in [1.29, 1.82) is 0 Å². The van der Waals surface area contributed by atoms with Gasteiger partial charge < -0.3 is 15.5 Å². The van der Waals surface area contributed by atoms with Gasteiger partial charge in [-0.25, -0.2) is 0 Å². The molecular weight excluding hydrogens is 402 g/mol. The molecule has 1 unspecified atom stereocenters. The molecule has 0 aromatic heterocycles. The zero-order chi connectivity index (χ0) is 21.5. The molecule has 1 aliphatic rings. The van der Waals surface area contributed by atoms with Crippen LogP contribution in [0.4, 0.5) is 5.69 Å². The van der Waals surface area contributed by atoms with Crippen molar-refractivity contribution in [3.8, 4) is 0 Å². The number of nitrogens with one attached hydrogen (secondary N) is 2. The Labute approximate surface area is 180 Å². The largest absolute Gasteiger partial charge is 0.349 e. The van der Waals surface area contributed by atoms with Crippen molar-refractivity contribution in [1.82, 2.24) is 10.2 Å². The molecule has 0 bridgehead atoms. The quantitative estimate of drug-likeness (QED) is 0.692. The molecule has 0 spiro atoms. The van der Waals surface area contributed by atoms with Crippen LogP contribution in [0.15, 0.2) is 61.2 Å². The molecule has 3 amide bonds. The van der Waals surface area contributed by atoms with Crippen LogP contribution in [-0.2, 0) is 4.79 Å². The van der Waals surface area contributed by atoms with E-state index in [0.717, 1.165) is 6.42 Å². The van der Waals surface area contributed by atoms with Gasteiger partial charge in [0.05, 0.1) is 17.2 Å². The number of nitrogens with zero attached hydrogens (tertiary/aromatic N) is 1. The molecule has 1 saturated heterocycles. The van der Waals surface area contributed by atoms with Crippen LogP contribution in [0.3, 0.4) is 0 Å². The second-order valence-corrected chi connectivity index (χ2v) is 7.57. The lowest BCUT2D eigenvalue weighted by molar-refractivity contribution is -0.121. The second kappa shape index (κ2) is 10.1. The van der Waals surface area contributed by atoms with E-state index in [1.807, 2.05) is 0 Å². The molecule has 1 fully saturated rings. The summed E-state index contributed by atoms with van der Waals surface area (Å²) in [6, 6.07) is 13.6. The van der Waals surface area contributed by atoms with Crippen molar-refractivity contribution in [3.63, 3.8) is 0 Å². The topological polar surface area (TPSA) is 78.5 Å². The number of rotatable bonds is 6. The van der Waals surface area contributed by atoms with Gasteiger partial charge in [-0.15, -0.1) is 6.58 Å². The molecule has 3 rings (SSSR count). The Kier molecular flexibility index (Phi) is 7.25. The Morgan fingerprint density at radius 1 is 1.13 bits per heavy atom. The van der Waals surface area contributed by atoms with Gasteiger partial charge in [0.25, 0.3) is 11.8 Å². The Bertz CT molecular complexity index is 943. The zero-order valence-corrected chi connectivity index (χ0v) is 17.3. The van der Waals surface area contributed by atoms with Crippen LogP contribution in [0.1, 0.15) is 33.6 Å². The number of anilines is 1. The van der Waals surface area contributed by atoms with Crippen molar-refractivity contribution in [3.05, 3.63) is 77.3 Å². The summed E-state index contributed by atoms with van der Waals surface area (Å²) in [4.78, 5) is 39.7. The number of hydrogen-bond acceptors (Lipinski definition) is 3. The third-order valence-corrected chi connectivity index (χ3v) is 5.26. The molecule has 0 saturated carbocycles. The van der Waals surface area contributed by atoms with Gasteiger partial charge in [0.15, 0.2) is 0 Å². The highest BCUT2D eigenvalue weighted by molar-refractivity contribution is 6.30. The lowest BCUT2D eigenvalue weighted by atomic mass is 9.96. The van der Waals surface area contributed by atoms with Crippen molar-refractivity contribution >= 4 is 35.0 Å². The number of hydrogen-bond donors (Lipinski definition) is 2. The third kappa shape index (κ3) is 5.27. The van der Waals surface area contributed by atoms with E-state index < -0.39 is 0 Å². The van der Waals surface area contributed by atoms with Gasteiger partial charge >= 0.3 is 0 Å². The number of carbonyl (C=O) groups excluding carboxylic acids is 3. The SMILES string of the molecule is C=CCNC(=O)c1ccccc1NC(=O)C1CCCN(C(=O)c2ccc(Cl)cc2)C1. The lowest BCUT2D eigenvalue weighted by Crippen LogP contribution is -2.43. The standard InChI is InChI=1S/C23H24ClN3O3/c1-2-13-25-22(29)19-7-3-4-8-20(19)26-21(28)17-6-5-14-27(15-17)23(30)16-9-11-18(24)12-10-16/h2-4,7-12,17H,1,5-6,13-15H2,(H,25,29)(H,26,28). The first kappa shape index (κ1) is 21.6. The summed E-state index contributed by atoms with van der Waals surface area (Å²) in [6.07, 6.45) is 3.01. The van der Waals surface area contributed by atoms with Crippen LogP contribution in [0.2, 0.25) is 5.02 Å². The van der Waals surface area contributed by atoms with Crippen LogP contribution in [0.5, 0.6) is 0 Å². The van der Waals surface area contributed by atoms with E-state index in [1.165, 1.54) is 0 Å². The predicted octanol–water partition coefficient (Wildman–Crippen LogP) is 3.75. The highest BCUT2D eigenvalue weighted by Crippen LogP contribution is 2.22. The molecule has 2 aromatic carbocycles. The van der Waals surface area contributed by atoms with Gasteiger partial charge in [0.1, 0.15) is 0 Å². The van der Waals surface area contributed by atoms with Crippen molar-refractivity contribution < 1.29 is 14.4 Å². The molecule has 0 radical (unpaired) electrons. The molecule has 156 valence electrons. The number of likely N-dealkylation sites (tertiary alicyclic amines) is 1. The van der Waals surface area contributed by atoms with E-state index in [-0.39, 0.29) is 23.6 Å². The lowest BCUT2D eigenvalue weighted by Gasteiger charge is -2.32. The molecule has 2 N–H and O–H groups in total. The minimum atomic E-state index is -0.348. The highest BCUT2D eigenvalue weighted by atomic mass is 35.5. The number of halogens is 1. The van der Waals surface area contributed by atoms with E-state index >= 15 is 0 Å². The fourth-order valence-electron chi connectivity index (χ4n) is 3.44. The first-order chi connectivity index (χ1) is 14.5. The van der Waals surface area contributed by atoms with Crippen LogP contribution in [0, 0.1) is 5.92 Å².